The minimum atomic E-state index is -0.396. The van der Waals surface area contributed by atoms with Gasteiger partial charge in [0.25, 0.3) is 5.69 Å². The van der Waals surface area contributed by atoms with Crippen LogP contribution in [0.4, 0.5) is 11.4 Å². The number of benzene rings is 2. The summed E-state index contributed by atoms with van der Waals surface area (Å²) < 4.78 is 4.45. The van der Waals surface area contributed by atoms with E-state index in [9.17, 15) is 10.1 Å². The first-order chi connectivity index (χ1) is 10.5. The summed E-state index contributed by atoms with van der Waals surface area (Å²) in [6.45, 7) is 0.512. The molecule has 22 heavy (non-hydrogen) atoms. The summed E-state index contributed by atoms with van der Waals surface area (Å²) in [4.78, 5) is 10.4. The molecule has 0 aliphatic carbocycles. The van der Waals surface area contributed by atoms with E-state index in [0.29, 0.717) is 10.6 Å². The maximum Gasteiger partial charge on any atom is 0.270 e. The van der Waals surface area contributed by atoms with Crippen LogP contribution < -0.4 is 5.32 Å². The van der Waals surface area contributed by atoms with Crippen LogP contribution in [0.25, 0.3) is 10.2 Å². The number of halogens is 1. The van der Waals surface area contributed by atoms with Crippen molar-refractivity contribution in [3.63, 3.8) is 0 Å². The lowest BCUT2D eigenvalue weighted by Gasteiger charge is -2.08. The molecule has 1 aromatic heterocycles. The van der Waals surface area contributed by atoms with Crippen molar-refractivity contribution in [3.8, 4) is 0 Å². The first-order valence-corrected chi connectivity index (χ1v) is 8.33. The lowest BCUT2D eigenvalue weighted by atomic mass is 10.3. The maximum atomic E-state index is 10.8. The Morgan fingerprint density at radius 2 is 2.00 bits per heavy atom. The largest absolute Gasteiger partial charge is 0.367 e. The van der Waals surface area contributed by atoms with E-state index in [0.717, 1.165) is 20.4 Å². The van der Waals surface area contributed by atoms with E-state index in [1.807, 2.05) is 28.8 Å². The molecule has 5 nitrogen and oxygen atoms in total. The summed E-state index contributed by atoms with van der Waals surface area (Å²) in [5, 5.41) is 14.1. The van der Waals surface area contributed by atoms with E-state index in [2.05, 4.69) is 21.2 Å². The Balaban J connectivity index is 1.90. The second-order valence-electron chi connectivity index (χ2n) is 4.55. The molecule has 3 aromatic rings. The molecule has 0 aliphatic rings. The number of aromatic nitrogens is 1. The monoisotopic (exact) mass is 395 g/mol. The average Bonchev–Trinajstić information content (AvgIpc) is 2.81. The molecular formula is C14H10BrN3O2S2. The van der Waals surface area contributed by atoms with Gasteiger partial charge >= 0.3 is 0 Å². The fourth-order valence-electron chi connectivity index (χ4n) is 2.06. The first-order valence-electron chi connectivity index (χ1n) is 6.32. The van der Waals surface area contributed by atoms with Gasteiger partial charge in [0.15, 0.2) is 3.95 Å². The number of rotatable bonds is 4. The van der Waals surface area contributed by atoms with Crippen LogP contribution in [0.3, 0.4) is 0 Å². The zero-order valence-corrected chi connectivity index (χ0v) is 14.4. The summed E-state index contributed by atoms with van der Waals surface area (Å²) in [5.74, 6) is 0. The van der Waals surface area contributed by atoms with E-state index < -0.39 is 4.92 Å². The third kappa shape index (κ3) is 3.03. The Bertz CT molecular complexity index is 903. The van der Waals surface area contributed by atoms with Crippen molar-refractivity contribution in [2.45, 2.75) is 6.67 Å². The van der Waals surface area contributed by atoms with Crippen molar-refractivity contribution in [1.29, 1.82) is 0 Å². The molecule has 0 saturated heterocycles. The molecule has 0 radical (unpaired) electrons. The number of thiazole rings is 1. The predicted octanol–water partition coefficient (Wildman–Crippen LogP) is 5.17. The molecule has 112 valence electrons. The van der Waals surface area contributed by atoms with E-state index in [1.54, 1.807) is 12.1 Å². The highest BCUT2D eigenvalue weighted by molar-refractivity contribution is 9.10. The van der Waals surface area contributed by atoms with Gasteiger partial charge in [0.1, 0.15) is 0 Å². The number of fused-ring (bicyclic) bond motifs is 1. The SMILES string of the molecule is O=[N+]([O-])c1ccc2c(c1)sc(=S)n2CNc1ccc(Br)cc1. The van der Waals surface area contributed by atoms with Crippen molar-refractivity contribution in [2.24, 2.45) is 0 Å². The van der Waals surface area contributed by atoms with E-state index >= 15 is 0 Å². The van der Waals surface area contributed by atoms with Gasteiger partial charge in [0.2, 0.25) is 0 Å². The third-order valence-corrected chi connectivity index (χ3v) is 5.09. The number of hydrogen-bond donors (Lipinski definition) is 1. The van der Waals surface area contributed by atoms with Crippen molar-refractivity contribution >= 4 is 61.1 Å². The Morgan fingerprint density at radius 3 is 2.68 bits per heavy atom. The minimum absolute atomic E-state index is 0.0803. The summed E-state index contributed by atoms with van der Waals surface area (Å²) in [6, 6.07) is 12.6. The molecule has 0 atom stereocenters. The van der Waals surface area contributed by atoms with Gasteiger partial charge in [-0.3, -0.25) is 10.1 Å². The van der Waals surface area contributed by atoms with Crippen LogP contribution in [-0.4, -0.2) is 9.49 Å². The summed E-state index contributed by atoms with van der Waals surface area (Å²) in [6.07, 6.45) is 0. The molecule has 0 aliphatic heterocycles. The van der Waals surface area contributed by atoms with Gasteiger partial charge in [-0.15, -0.1) is 11.3 Å². The average molecular weight is 396 g/mol. The lowest BCUT2D eigenvalue weighted by molar-refractivity contribution is -0.384. The molecule has 8 heteroatoms. The molecule has 1 heterocycles. The second-order valence-corrected chi connectivity index (χ2v) is 7.14. The fraction of sp³-hybridized carbons (Fsp3) is 0.0714. The van der Waals surface area contributed by atoms with Gasteiger partial charge in [0, 0.05) is 22.3 Å². The van der Waals surface area contributed by atoms with Crippen molar-refractivity contribution in [3.05, 3.63) is 61.0 Å². The van der Waals surface area contributed by atoms with Gasteiger partial charge in [-0.1, -0.05) is 15.9 Å². The number of nitro groups is 1. The minimum Gasteiger partial charge on any atom is -0.367 e. The number of nitrogens with zero attached hydrogens (tertiary/aromatic N) is 2. The predicted molar refractivity (Wildman–Crippen MR) is 95.1 cm³/mol. The molecular weight excluding hydrogens is 386 g/mol. The van der Waals surface area contributed by atoms with Crippen molar-refractivity contribution < 1.29 is 4.92 Å². The van der Waals surface area contributed by atoms with Crippen LogP contribution >= 0.6 is 39.5 Å². The number of hydrogen-bond acceptors (Lipinski definition) is 5. The van der Waals surface area contributed by atoms with Crippen LogP contribution in [0.5, 0.6) is 0 Å². The third-order valence-electron chi connectivity index (χ3n) is 3.15. The molecule has 0 fully saturated rings. The normalized spacial score (nSPS) is 10.8. The Labute approximate surface area is 143 Å². The molecule has 1 N–H and O–H groups in total. The van der Waals surface area contributed by atoms with Crippen LogP contribution in [-0.2, 0) is 6.67 Å². The first kappa shape index (κ1) is 15.1. The Hall–Kier alpha value is -1.77. The number of non-ortho nitro benzene ring substituents is 1. The van der Waals surface area contributed by atoms with Crippen molar-refractivity contribution in [2.75, 3.05) is 5.32 Å². The molecule has 0 saturated carbocycles. The fourth-order valence-corrected chi connectivity index (χ4v) is 3.68. The highest BCUT2D eigenvalue weighted by Crippen LogP contribution is 2.27. The van der Waals surface area contributed by atoms with Gasteiger partial charge < -0.3 is 9.88 Å². The quantitative estimate of drug-likeness (QED) is 0.375. The number of nitro benzene ring substituents is 1. The zero-order chi connectivity index (χ0) is 15.7. The molecule has 0 unspecified atom stereocenters. The van der Waals surface area contributed by atoms with Crippen LogP contribution in [0.15, 0.2) is 46.9 Å². The summed E-state index contributed by atoms with van der Waals surface area (Å²) in [7, 11) is 0. The molecule has 3 rings (SSSR count). The second kappa shape index (κ2) is 6.15. The van der Waals surface area contributed by atoms with Gasteiger partial charge in [-0.25, -0.2) is 0 Å². The Morgan fingerprint density at radius 1 is 1.27 bits per heavy atom. The molecule has 0 spiro atoms. The maximum absolute atomic E-state index is 10.8. The van der Waals surface area contributed by atoms with Crippen molar-refractivity contribution in [1.82, 2.24) is 4.57 Å². The molecule has 2 aromatic carbocycles. The highest BCUT2D eigenvalue weighted by Gasteiger charge is 2.11. The number of nitrogens with one attached hydrogen (secondary N) is 1. The standard InChI is InChI=1S/C14H10BrN3O2S2/c15-9-1-3-10(4-2-9)16-8-17-12-6-5-11(18(19)20)7-13(12)22-14(17)21/h1-7,16H,8H2. The summed E-state index contributed by atoms with van der Waals surface area (Å²) >= 11 is 10.1. The van der Waals surface area contributed by atoms with Crippen LogP contribution in [0, 0.1) is 14.1 Å². The van der Waals surface area contributed by atoms with Crippen LogP contribution in [0.1, 0.15) is 0 Å². The summed E-state index contributed by atoms with van der Waals surface area (Å²) in [5.41, 5.74) is 1.95. The molecule has 0 bridgehead atoms. The Kier molecular flexibility index (Phi) is 4.23. The van der Waals surface area contributed by atoms with Gasteiger partial charge in [0.05, 0.1) is 21.8 Å². The highest BCUT2D eigenvalue weighted by atomic mass is 79.9. The number of anilines is 1. The molecule has 0 amide bonds. The van der Waals surface area contributed by atoms with Gasteiger partial charge in [-0.2, -0.15) is 0 Å². The van der Waals surface area contributed by atoms with E-state index in [-0.39, 0.29) is 5.69 Å². The lowest BCUT2D eigenvalue weighted by Crippen LogP contribution is -2.07. The smallest absolute Gasteiger partial charge is 0.270 e. The van der Waals surface area contributed by atoms with E-state index in [4.69, 9.17) is 12.2 Å². The van der Waals surface area contributed by atoms with Crippen LogP contribution in [0.2, 0.25) is 0 Å². The van der Waals surface area contributed by atoms with E-state index in [1.165, 1.54) is 17.4 Å². The zero-order valence-electron chi connectivity index (χ0n) is 11.2. The van der Waals surface area contributed by atoms with Gasteiger partial charge in [-0.05, 0) is 42.5 Å². The topological polar surface area (TPSA) is 60.1 Å².